The molecule has 0 spiro atoms. The molecule has 2 N–H and O–H groups in total. The first-order valence-electron chi connectivity index (χ1n) is 16.0. The van der Waals surface area contributed by atoms with Gasteiger partial charge in [0.25, 0.3) is 5.91 Å². The summed E-state index contributed by atoms with van der Waals surface area (Å²) in [6.07, 6.45) is -1.72. The van der Waals surface area contributed by atoms with Crippen molar-refractivity contribution in [3.63, 3.8) is 0 Å². The van der Waals surface area contributed by atoms with Gasteiger partial charge in [0.1, 0.15) is 45.0 Å². The molecule has 3 amide bonds. The maximum atomic E-state index is 13.8. The average molecular weight is 734 g/mol. The lowest BCUT2D eigenvalue weighted by molar-refractivity contribution is -0.160. The molecule has 1 aliphatic heterocycles. The molecule has 2 atom stereocenters. The van der Waals surface area contributed by atoms with Gasteiger partial charge in [-0.15, -0.1) is 11.3 Å². The Bertz CT molecular complexity index is 1570. The molecule has 0 radical (unpaired) electrons. The molecule has 0 saturated carbocycles. The van der Waals surface area contributed by atoms with Crippen LogP contribution in [0.5, 0.6) is 5.75 Å². The van der Waals surface area contributed by atoms with Crippen molar-refractivity contribution in [1.29, 1.82) is 0 Å². The summed E-state index contributed by atoms with van der Waals surface area (Å²) in [5.74, 6) is -1.38. The van der Waals surface area contributed by atoms with Crippen LogP contribution in [0.1, 0.15) is 74.9 Å². The standard InChI is InChI=1S/C33H47N5O10SSi/c1-19(2)33(9,10)50-38-22(16-44-30(43)46-20-14-12-11-13-15-20)25(27(38)41)35-26(40)24(37-45-17-23(39)47-31(3,4)5)21-18-49-28(34-21)36-29(42)48-32(6,7)8/h11-15,18-19,22,25H,16-17,50H2,1-10H3,(H,35,40)(H,34,36,42)/b37-24-. The van der Waals surface area contributed by atoms with Crippen molar-refractivity contribution in [2.24, 2.45) is 11.1 Å². The Morgan fingerprint density at radius 1 is 1.00 bits per heavy atom. The molecule has 0 bridgehead atoms. The summed E-state index contributed by atoms with van der Waals surface area (Å²) in [4.78, 5) is 73.9. The monoisotopic (exact) mass is 733 g/mol. The third kappa shape index (κ3) is 12.1. The van der Waals surface area contributed by atoms with Gasteiger partial charge in [-0.3, -0.25) is 14.9 Å². The highest BCUT2D eigenvalue weighted by Crippen LogP contribution is 2.36. The first-order valence-corrected chi connectivity index (χ1v) is 18.3. The quantitative estimate of drug-likeness (QED) is 0.0566. The zero-order chi connectivity index (χ0) is 37.4. The fourth-order valence-corrected chi connectivity index (χ4v) is 7.13. The van der Waals surface area contributed by atoms with Crippen LogP contribution < -0.4 is 15.4 Å². The van der Waals surface area contributed by atoms with E-state index in [4.69, 9.17) is 23.8 Å². The molecule has 2 heterocycles. The number of rotatable bonds is 13. The van der Waals surface area contributed by atoms with Gasteiger partial charge >= 0.3 is 18.2 Å². The minimum atomic E-state index is -1.26. The SMILES string of the molecule is CC(C)C(C)(C)[SiH2]N1C(=O)C(NC(=O)/C(=N\OCC(=O)OC(C)(C)C)c2csc(NC(=O)OC(C)(C)C)n2)C1COC(=O)Oc1ccccc1. The van der Waals surface area contributed by atoms with Gasteiger partial charge in [-0.2, -0.15) is 0 Å². The van der Waals surface area contributed by atoms with E-state index in [1.54, 1.807) is 76.4 Å². The number of nitrogens with zero attached hydrogens (tertiary/aromatic N) is 3. The first kappa shape index (κ1) is 39.9. The molecule has 2 unspecified atom stereocenters. The molecule has 15 nitrogen and oxygen atoms in total. The van der Waals surface area contributed by atoms with E-state index in [0.717, 1.165) is 11.3 Å². The van der Waals surface area contributed by atoms with E-state index in [1.807, 2.05) is 0 Å². The van der Waals surface area contributed by atoms with Gasteiger partial charge in [0.15, 0.2) is 10.8 Å². The van der Waals surface area contributed by atoms with Crippen molar-refractivity contribution in [2.75, 3.05) is 18.5 Å². The van der Waals surface area contributed by atoms with E-state index in [-0.39, 0.29) is 45.8 Å². The van der Waals surface area contributed by atoms with Gasteiger partial charge in [0.05, 0.1) is 6.04 Å². The number of hydrogen-bond donors (Lipinski definition) is 2. The summed E-state index contributed by atoms with van der Waals surface area (Å²) < 4.78 is 22.8. The Balaban J connectivity index is 1.84. The Kier molecular flexibility index (Phi) is 13.1. The largest absolute Gasteiger partial charge is 0.513 e. The van der Waals surface area contributed by atoms with E-state index in [1.165, 1.54) is 5.38 Å². The van der Waals surface area contributed by atoms with Crippen LogP contribution in [0.25, 0.3) is 0 Å². The zero-order valence-corrected chi connectivity index (χ0v) is 32.4. The molecular formula is C33H47N5O10SSi. The fraction of sp³-hybridized carbons (Fsp3) is 0.545. The predicted octanol–water partition coefficient (Wildman–Crippen LogP) is 4.40. The summed E-state index contributed by atoms with van der Waals surface area (Å²) in [6.45, 7) is 17.6. The number of anilines is 1. The van der Waals surface area contributed by atoms with Crippen molar-refractivity contribution in [3.05, 3.63) is 41.4 Å². The lowest BCUT2D eigenvalue weighted by atomic mass is 9.98. The molecule has 3 rings (SSSR count). The van der Waals surface area contributed by atoms with Crippen LogP contribution in [0.4, 0.5) is 14.7 Å². The van der Waals surface area contributed by atoms with Gasteiger partial charge in [-0.1, -0.05) is 51.0 Å². The highest BCUT2D eigenvalue weighted by Gasteiger charge is 2.51. The van der Waals surface area contributed by atoms with Gasteiger partial charge in [-0.05, 0) is 64.6 Å². The van der Waals surface area contributed by atoms with Crippen LogP contribution in [0, 0.1) is 5.92 Å². The van der Waals surface area contributed by atoms with Gasteiger partial charge < -0.3 is 33.7 Å². The Morgan fingerprint density at radius 2 is 1.64 bits per heavy atom. The molecule has 0 aliphatic carbocycles. The third-order valence-corrected chi connectivity index (χ3v) is 10.9. The van der Waals surface area contributed by atoms with Crippen LogP contribution in [0.15, 0.2) is 40.9 Å². The highest BCUT2D eigenvalue weighted by molar-refractivity contribution is 7.14. The Labute approximate surface area is 298 Å². The number of oxime groups is 1. The number of carbonyl (C=O) groups excluding carboxylic acids is 5. The molecule has 274 valence electrons. The molecule has 1 aromatic carbocycles. The number of para-hydroxylation sites is 1. The first-order chi connectivity index (χ1) is 23.1. The maximum Gasteiger partial charge on any atom is 0.513 e. The fourth-order valence-electron chi connectivity index (χ4n) is 4.30. The molecule has 1 aliphatic rings. The molecule has 50 heavy (non-hydrogen) atoms. The van der Waals surface area contributed by atoms with Crippen LogP contribution in [0.2, 0.25) is 5.04 Å². The number of β-lactam (4-membered cyclic amide) rings is 1. The summed E-state index contributed by atoms with van der Waals surface area (Å²) in [5, 5.41) is 10.4. The van der Waals surface area contributed by atoms with Crippen molar-refractivity contribution >= 4 is 61.9 Å². The predicted molar refractivity (Wildman–Crippen MR) is 189 cm³/mol. The molecule has 17 heteroatoms. The highest BCUT2D eigenvalue weighted by atomic mass is 32.1. The van der Waals surface area contributed by atoms with Crippen molar-refractivity contribution in [3.8, 4) is 5.75 Å². The Morgan fingerprint density at radius 3 is 2.24 bits per heavy atom. The zero-order valence-electron chi connectivity index (χ0n) is 30.1. The summed E-state index contributed by atoms with van der Waals surface area (Å²) in [5.41, 5.74) is -1.94. The normalized spacial score (nSPS) is 16.9. The minimum Gasteiger partial charge on any atom is -0.457 e. The molecule has 1 saturated heterocycles. The number of nitrogens with one attached hydrogen (secondary N) is 2. The Hall–Kier alpha value is -4.51. The molecular weight excluding hydrogens is 687 g/mol. The minimum absolute atomic E-state index is 0.0130. The summed E-state index contributed by atoms with van der Waals surface area (Å²) >= 11 is 0.986. The number of aromatic nitrogens is 1. The summed E-state index contributed by atoms with van der Waals surface area (Å²) in [7, 11) is -1.26. The second-order valence-corrected chi connectivity index (χ2v) is 18.2. The van der Waals surface area contributed by atoms with Crippen molar-refractivity contribution < 1.29 is 47.8 Å². The number of ether oxygens (including phenoxy) is 4. The van der Waals surface area contributed by atoms with Crippen molar-refractivity contribution in [1.82, 2.24) is 14.9 Å². The maximum absolute atomic E-state index is 13.8. The van der Waals surface area contributed by atoms with Gasteiger partial charge in [-0.25, -0.2) is 19.4 Å². The van der Waals surface area contributed by atoms with Crippen LogP contribution >= 0.6 is 11.3 Å². The van der Waals surface area contributed by atoms with Crippen LogP contribution in [0.3, 0.4) is 0 Å². The average Bonchev–Trinajstić information content (AvgIpc) is 3.44. The van der Waals surface area contributed by atoms with E-state index < -0.39 is 63.7 Å². The van der Waals surface area contributed by atoms with E-state index >= 15 is 0 Å². The topological polar surface area (TPSA) is 184 Å². The van der Waals surface area contributed by atoms with E-state index in [0.29, 0.717) is 0 Å². The van der Waals surface area contributed by atoms with Crippen LogP contribution in [-0.2, 0) is 33.4 Å². The summed E-state index contributed by atoms with van der Waals surface area (Å²) in [6, 6.07) is 6.60. The second-order valence-electron chi connectivity index (χ2n) is 14.6. The van der Waals surface area contributed by atoms with Gasteiger partial charge in [0, 0.05) is 5.38 Å². The number of amides is 3. The number of esters is 1. The smallest absolute Gasteiger partial charge is 0.457 e. The number of hydrogen-bond acceptors (Lipinski definition) is 13. The van der Waals surface area contributed by atoms with Crippen molar-refractivity contribution in [2.45, 2.75) is 97.6 Å². The number of benzene rings is 1. The second kappa shape index (κ2) is 16.5. The molecule has 2 aromatic rings. The van der Waals surface area contributed by atoms with Crippen LogP contribution in [-0.4, -0.2) is 91.5 Å². The lowest BCUT2D eigenvalue weighted by Gasteiger charge is -2.50. The van der Waals surface area contributed by atoms with Gasteiger partial charge in [0.2, 0.25) is 12.5 Å². The third-order valence-electron chi connectivity index (χ3n) is 7.41. The molecule has 1 aromatic heterocycles. The van der Waals surface area contributed by atoms with E-state index in [9.17, 15) is 24.0 Å². The lowest BCUT2D eigenvalue weighted by Crippen LogP contribution is -2.74. The van der Waals surface area contributed by atoms with E-state index in [2.05, 4.69) is 48.5 Å². The number of carbonyl (C=O) groups is 5. The molecule has 1 fully saturated rings. The number of thiazole rings is 1.